The SMILES string of the molecule is CN(Cc1ccco1)S(=O)(=O)CCO. The Morgan fingerprint density at radius 3 is 2.79 bits per heavy atom. The molecule has 5 nitrogen and oxygen atoms in total. The van der Waals surface area contributed by atoms with Gasteiger partial charge in [-0.3, -0.25) is 0 Å². The molecule has 0 aliphatic rings. The van der Waals surface area contributed by atoms with Crippen molar-refractivity contribution < 1.29 is 17.9 Å². The van der Waals surface area contributed by atoms with Gasteiger partial charge in [0.1, 0.15) is 5.76 Å². The Morgan fingerprint density at radius 1 is 1.57 bits per heavy atom. The maximum atomic E-state index is 11.4. The third-order valence-electron chi connectivity index (χ3n) is 1.78. The molecule has 0 spiro atoms. The van der Waals surface area contributed by atoms with Crippen LogP contribution in [0, 0.1) is 0 Å². The van der Waals surface area contributed by atoms with Crippen molar-refractivity contribution in [2.24, 2.45) is 0 Å². The number of furan rings is 1. The highest BCUT2D eigenvalue weighted by Crippen LogP contribution is 2.07. The number of sulfonamides is 1. The van der Waals surface area contributed by atoms with Gasteiger partial charge in [-0.05, 0) is 12.1 Å². The molecule has 1 heterocycles. The maximum absolute atomic E-state index is 11.4. The van der Waals surface area contributed by atoms with Crippen molar-refractivity contribution in [3.63, 3.8) is 0 Å². The summed E-state index contributed by atoms with van der Waals surface area (Å²) in [6.45, 7) is -0.180. The molecule has 0 aliphatic carbocycles. The second-order valence-electron chi connectivity index (χ2n) is 2.88. The van der Waals surface area contributed by atoms with Crippen LogP contribution in [0.15, 0.2) is 22.8 Å². The van der Waals surface area contributed by atoms with Crippen LogP contribution in [0.2, 0.25) is 0 Å². The average Bonchev–Trinajstić information content (AvgIpc) is 2.56. The Bertz CT molecular complexity index is 357. The molecule has 0 aliphatic heterocycles. The molecule has 0 saturated heterocycles. The standard InChI is InChI=1S/C8H13NO4S/c1-9(14(11,12)6-4-10)7-8-3-2-5-13-8/h2-3,5,10H,4,6-7H2,1H3. The normalized spacial score (nSPS) is 12.2. The summed E-state index contributed by atoms with van der Waals surface area (Å²) in [6.07, 6.45) is 1.49. The minimum Gasteiger partial charge on any atom is -0.468 e. The number of aliphatic hydroxyl groups excluding tert-OH is 1. The zero-order valence-electron chi connectivity index (χ0n) is 7.88. The number of aliphatic hydroxyl groups is 1. The van der Waals surface area contributed by atoms with Gasteiger partial charge in [0.25, 0.3) is 0 Å². The molecule has 0 saturated carbocycles. The van der Waals surface area contributed by atoms with Crippen LogP contribution in [0.4, 0.5) is 0 Å². The summed E-state index contributed by atoms with van der Waals surface area (Å²) in [7, 11) is -1.91. The molecule has 0 fully saturated rings. The molecule has 0 bridgehead atoms. The van der Waals surface area contributed by atoms with E-state index in [1.54, 1.807) is 12.1 Å². The summed E-state index contributed by atoms with van der Waals surface area (Å²) in [5, 5.41) is 8.55. The van der Waals surface area contributed by atoms with E-state index in [1.165, 1.54) is 13.3 Å². The monoisotopic (exact) mass is 219 g/mol. The molecule has 1 aromatic heterocycles. The van der Waals surface area contributed by atoms with Gasteiger partial charge < -0.3 is 9.52 Å². The van der Waals surface area contributed by atoms with Crippen molar-refractivity contribution in [2.45, 2.75) is 6.54 Å². The van der Waals surface area contributed by atoms with Crippen molar-refractivity contribution in [3.8, 4) is 0 Å². The maximum Gasteiger partial charge on any atom is 0.216 e. The van der Waals surface area contributed by atoms with Gasteiger partial charge in [0.2, 0.25) is 10.0 Å². The summed E-state index contributed by atoms with van der Waals surface area (Å²) in [6, 6.07) is 3.40. The largest absolute Gasteiger partial charge is 0.468 e. The second kappa shape index (κ2) is 4.59. The quantitative estimate of drug-likeness (QED) is 0.758. The van der Waals surface area contributed by atoms with Crippen LogP contribution in [-0.2, 0) is 16.6 Å². The molecule has 6 heteroatoms. The molecule has 80 valence electrons. The van der Waals surface area contributed by atoms with Crippen LogP contribution in [-0.4, -0.2) is 37.2 Å². The second-order valence-corrected chi connectivity index (χ2v) is 5.07. The highest BCUT2D eigenvalue weighted by atomic mass is 32.2. The number of hydrogen-bond donors (Lipinski definition) is 1. The highest BCUT2D eigenvalue weighted by Gasteiger charge is 2.17. The number of rotatable bonds is 5. The van der Waals surface area contributed by atoms with E-state index < -0.39 is 10.0 Å². The van der Waals surface area contributed by atoms with E-state index in [1.807, 2.05) is 0 Å². The Kier molecular flexibility index (Phi) is 3.68. The Morgan fingerprint density at radius 2 is 2.29 bits per heavy atom. The van der Waals surface area contributed by atoms with Crippen LogP contribution < -0.4 is 0 Å². The fourth-order valence-electron chi connectivity index (χ4n) is 0.992. The topological polar surface area (TPSA) is 70.8 Å². The van der Waals surface area contributed by atoms with E-state index >= 15 is 0 Å². The lowest BCUT2D eigenvalue weighted by atomic mass is 10.4. The van der Waals surface area contributed by atoms with Gasteiger partial charge >= 0.3 is 0 Å². The van der Waals surface area contributed by atoms with Gasteiger partial charge in [0.05, 0.1) is 25.2 Å². The summed E-state index contributed by atoms with van der Waals surface area (Å²) in [5.41, 5.74) is 0. The minimum absolute atomic E-state index is 0.190. The first-order chi connectivity index (χ1) is 6.56. The van der Waals surface area contributed by atoms with E-state index in [9.17, 15) is 8.42 Å². The molecule has 14 heavy (non-hydrogen) atoms. The molecule has 0 atom stereocenters. The van der Waals surface area contributed by atoms with Crippen molar-refractivity contribution in [1.82, 2.24) is 4.31 Å². The summed E-state index contributed by atoms with van der Waals surface area (Å²) in [5.74, 6) is 0.318. The van der Waals surface area contributed by atoms with Gasteiger partial charge in [-0.25, -0.2) is 8.42 Å². The van der Waals surface area contributed by atoms with Crippen molar-refractivity contribution in [3.05, 3.63) is 24.2 Å². The molecule has 1 aromatic rings. The molecule has 0 radical (unpaired) electrons. The smallest absolute Gasteiger partial charge is 0.216 e. The average molecular weight is 219 g/mol. The molecule has 1 rings (SSSR count). The molecular weight excluding hydrogens is 206 g/mol. The zero-order valence-corrected chi connectivity index (χ0v) is 8.70. The summed E-state index contributed by atoms with van der Waals surface area (Å²) < 4.78 is 28.9. The first kappa shape index (κ1) is 11.2. The van der Waals surface area contributed by atoms with E-state index in [2.05, 4.69) is 0 Å². The van der Waals surface area contributed by atoms with E-state index in [0.29, 0.717) is 5.76 Å². The van der Waals surface area contributed by atoms with E-state index in [4.69, 9.17) is 9.52 Å². The molecule has 0 aromatic carbocycles. The first-order valence-electron chi connectivity index (χ1n) is 4.13. The number of hydrogen-bond acceptors (Lipinski definition) is 4. The van der Waals surface area contributed by atoms with Gasteiger partial charge in [0, 0.05) is 7.05 Å². The van der Waals surface area contributed by atoms with E-state index in [0.717, 1.165) is 4.31 Å². The first-order valence-corrected chi connectivity index (χ1v) is 5.74. The zero-order chi connectivity index (χ0) is 10.6. The lowest BCUT2D eigenvalue weighted by Gasteiger charge is -2.14. The van der Waals surface area contributed by atoms with E-state index in [-0.39, 0.29) is 18.9 Å². The van der Waals surface area contributed by atoms with Gasteiger partial charge in [-0.15, -0.1) is 0 Å². The van der Waals surface area contributed by atoms with Crippen LogP contribution in [0.25, 0.3) is 0 Å². The lowest BCUT2D eigenvalue weighted by molar-refractivity contribution is 0.314. The van der Waals surface area contributed by atoms with Crippen LogP contribution in [0.5, 0.6) is 0 Å². The van der Waals surface area contributed by atoms with Crippen LogP contribution in [0.1, 0.15) is 5.76 Å². The fraction of sp³-hybridized carbons (Fsp3) is 0.500. The van der Waals surface area contributed by atoms with Crippen molar-refractivity contribution >= 4 is 10.0 Å². The number of nitrogens with zero attached hydrogens (tertiary/aromatic N) is 1. The lowest BCUT2D eigenvalue weighted by Crippen LogP contribution is -2.29. The van der Waals surface area contributed by atoms with Gasteiger partial charge in [-0.1, -0.05) is 0 Å². The highest BCUT2D eigenvalue weighted by molar-refractivity contribution is 7.89. The third kappa shape index (κ3) is 2.83. The summed E-state index contributed by atoms with van der Waals surface area (Å²) >= 11 is 0. The Hall–Kier alpha value is -0.850. The third-order valence-corrected chi connectivity index (χ3v) is 3.56. The Balaban J connectivity index is 2.62. The predicted octanol–water partition coefficient (Wildman–Crippen LogP) is 0.0335. The Labute approximate surface area is 83.0 Å². The van der Waals surface area contributed by atoms with Crippen molar-refractivity contribution in [2.75, 3.05) is 19.4 Å². The molecule has 1 N–H and O–H groups in total. The fourth-order valence-corrected chi connectivity index (χ4v) is 1.86. The minimum atomic E-state index is -3.36. The van der Waals surface area contributed by atoms with Gasteiger partial charge in [0.15, 0.2) is 0 Å². The predicted molar refractivity (Wildman–Crippen MR) is 51.0 cm³/mol. The molecule has 0 amide bonds. The van der Waals surface area contributed by atoms with Crippen LogP contribution >= 0.6 is 0 Å². The molecular formula is C8H13NO4S. The molecule has 0 unspecified atom stereocenters. The van der Waals surface area contributed by atoms with Crippen molar-refractivity contribution in [1.29, 1.82) is 0 Å². The van der Waals surface area contributed by atoms with Gasteiger partial charge in [-0.2, -0.15) is 4.31 Å². The summed E-state index contributed by atoms with van der Waals surface area (Å²) in [4.78, 5) is 0. The van der Waals surface area contributed by atoms with Crippen LogP contribution in [0.3, 0.4) is 0 Å².